The van der Waals surface area contributed by atoms with Gasteiger partial charge in [-0.2, -0.15) is 0 Å². The van der Waals surface area contributed by atoms with Gasteiger partial charge in [0.25, 0.3) is 0 Å². The third-order valence-electron chi connectivity index (χ3n) is 6.31. The second kappa shape index (κ2) is 7.38. The molecule has 0 N–H and O–H groups in total. The van der Waals surface area contributed by atoms with Crippen LogP contribution in [0.25, 0.3) is 23.3 Å². The molecule has 3 aromatic rings. The molecule has 0 amide bonds. The molecule has 6 rings (SSSR count). The van der Waals surface area contributed by atoms with Crippen molar-refractivity contribution in [3.63, 3.8) is 0 Å². The molecular weight excluding hydrogens is 392 g/mol. The molecule has 3 heteroatoms. The van der Waals surface area contributed by atoms with Gasteiger partial charge in [0, 0.05) is 29.4 Å². The second-order valence-electron chi connectivity index (χ2n) is 8.41. The number of para-hydroxylation sites is 1. The number of pyridine rings is 1. The molecule has 3 aliphatic rings. The van der Waals surface area contributed by atoms with Crippen LogP contribution in [-0.2, 0) is 6.42 Å². The Morgan fingerprint density at radius 2 is 1.88 bits per heavy atom. The summed E-state index contributed by atoms with van der Waals surface area (Å²) in [6, 6.07) is 15.4. The Bertz CT molecular complexity index is 1370. The lowest BCUT2D eigenvalue weighted by Gasteiger charge is -2.39. The summed E-state index contributed by atoms with van der Waals surface area (Å²) in [5.41, 5.74) is 10.5. The van der Waals surface area contributed by atoms with Crippen molar-refractivity contribution < 1.29 is 4.74 Å². The van der Waals surface area contributed by atoms with Crippen molar-refractivity contribution in [2.45, 2.75) is 26.7 Å². The minimum atomic E-state index is 0.884. The largest absolute Gasteiger partial charge is 0.458 e. The zero-order valence-corrected chi connectivity index (χ0v) is 18.3. The lowest BCUT2D eigenvalue weighted by molar-refractivity contribution is 0.413. The highest BCUT2D eigenvalue weighted by atomic mass is 16.5. The molecule has 0 radical (unpaired) electrons. The summed E-state index contributed by atoms with van der Waals surface area (Å²) in [6.45, 7) is 4.09. The number of hydrogen-bond acceptors (Lipinski definition) is 3. The number of rotatable bonds is 2. The molecule has 0 atom stereocenters. The fourth-order valence-electron chi connectivity index (χ4n) is 4.85. The summed E-state index contributed by atoms with van der Waals surface area (Å²) in [6.07, 6.45) is 16.6. The fourth-order valence-corrected chi connectivity index (χ4v) is 4.85. The Hall–Kier alpha value is -3.85. The van der Waals surface area contributed by atoms with Crippen LogP contribution in [0.15, 0.2) is 84.4 Å². The van der Waals surface area contributed by atoms with Crippen molar-refractivity contribution in [3.8, 4) is 16.9 Å². The van der Waals surface area contributed by atoms with Crippen molar-refractivity contribution in [1.82, 2.24) is 4.98 Å². The van der Waals surface area contributed by atoms with Crippen LogP contribution in [-0.4, -0.2) is 4.98 Å². The first-order chi connectivity index (χ1) is 15.7. The van der Waals surface area contributed by atoms with Gasteiger partial charge in [-0.15, -0.1) is 0 Å². The molecule has 3 heterocycles. The van der Waals surface area contributed by atoms with E-state index >= 15 is 0 Å². The molecule has 0 bridgehead atoms. The maximum absolute atomic E-state index is 6.39. The van der Waals surface area contributed by atoms with Crippen molar-refractivity contribution in [1.29, 1.82) is 0 Å². The summed E-state index contributed by atoms with van der Waals surface area (Å²) < 4.78 is 6.39. The minimum absolute atomic E-state index is 0.884. The van der Waals surface area contributed by atoms with Gasteiger partial charge in [-0.25, -0.2) is 0 Å². The molecule has 1 aliphatic carbocycles. The maximum atomic E-state index is 6.39. The number of fused-ring (bicyclic) bond motifs is 3. The van der Waals surface area contributed by atoms with Crippen LogP contribution in [0.4, 0.5) is 11.4 Å². The molecule has 0 saturated carbocycles. The van der Waals surface area contributed by atoms with Crippen molar-refractivity contribution in [2.24, 2.45) is 0 Å². The SMILES string of the molecule is C/C=C\C1=C(C)Oc2cc(-c3cnc4c(c3)C=CCC=C4)cc3c2N1c1ccccc1C3. The average molecular weight is 417 g/mol. The summed E-state index contributed by atoms with van der Waals surface area (Å²) in [4.78, 5) is 7.09. The van der Waals surface area contributed by atoms with Crippen molar-refractivity contribution in [3.05, 3.63) is 107 Å². The molecule has 0 fully saturated rings. The quantitative estimate of drug-likeness (QED) is 0.434. The van der Waals surface area contributed by atoms with E-state index in [1.807, 2.05) is 20.0 Å². The lowest BCUT2D eigenvalue weighted by Crippen LogP contribution is -2.27. The van der Waals surface area contributed by atoms with E-state index in [1.54, 1.807) is 0 Å². The fraction of sp³-hybridized carbons (Fsp3) is 0.138. The first-order valence-electron chi connectivity index (χ1n) is 11.1. The van der Waals surface area contributed by atoms with E-state index in [1.165, 1.54) is 16.8 Å². The van der Waals surface area contributed by atoms with E-state index in [4.69, 9.17) is 9.72 Å². The Labute approximate surface area is 188 Å². The minimum Gasteiger partial charge on any atom is -0.458 e. The molecule has 0 unspecified atom stereocenters. The van der Waals surface area contributed by atoms with Crippen LogP contribution < -0.4 is 9.64 Å². The first-order valence-corrected chi connectivity index (χ1v) is 11.1. The highest BCUT2D eigenvalue weighted by Crippen LogP contribution is 2.51. The van der Waals surface area contributed by atoms with E-state index in [-0.39, 0.29) is 0 Å². The van der Waals surface area contributed by atoms with Gasteiger partial charge in [0.15, 0.2) is 5.75 Å². The van der Waals surface area contributed by atoms with Crippen LogP contribution in [0.2, 0.25) is 0 Å². The van der Waals surface area contributed by atoms with E-state index in [9.17, 15) is 0 Å². The van der Waals surface area contributed by atoms with Gasteiger partial charge in [-0.3, -0.25) is 4.98 Å². The van der Waals surface area contributed by atoms with Crippen LogP contribution in [0.5, 0.6) is 5.75 Å². The highest BCUT2D eigenvalue weighted by molar-refractivity contribution is 5.87. The van der Waals surface area contributed by atoms with E-state index in [2.05, 4.69) is 83.8 Å². The predicted molar refractivity (Wildman–Crippen MR) is 132 cm³/mol. The van der Waals surface area contributed by atoms with Gasteiger partial charge in [-0.05, 0) is 73.4 Å². The predicted octanol–water partition coefficient (Wildman–Crippen LogP) is 7.42. The number of allylic oxidation sites excluding steroid dienone is 5. The Morgan fingerprint density at radius 1 is 1.00 bits per heavy atom. The first kappa shape index (κ1) is 18.9. The maximum Gasteiger partial charge on any atom is 0.151 e. The molecular formula is C29H24N2O. The average Bonchev–Trinajstić information content (AvgIpc) is 3.05. The van der Waals surface area contributed by atoms with Gasteiger partial charge in [0.2, 0.25) is 0 Å². The lowest BCUT2D eigenvalue weighted by atomic mass is 9.90. The van der Waals surface area contributed by atoms with Crippen LogP contribution >= 0.6 is 0 Å². The summed E-state index contributed by atoms with van der Waals surface area (Å²) >= 11 is 0. The third-order valence-corrected chi connectivity index (χ3v) is 6.31. The Balaban J connectivity index is 1.54. The standard InChI is InChI=1S/C29H24N2O/c1-3-9-26-19(2)32-28-17-22(24-14-20-10-5-4-6-12-25(20)30-18-24)16-23-15-21-11-7-8-13-27(21)31(26)29(23)28/h3,5-14,16-18H,4,15H2,1-2H3/b9-3-. The number of nitrogens with zero attached hydrogens (tertiary/aromatic N) is 2. The van der Waals surface area contributed by atoms with Gasteiger partial charge in [0.1, 0.15) is 5.76 Å². The molecule has 2 aromatic carbocycles. The van der Waals surface area contributed by atoms with E-state index in [0.29, 0.717) is 0 Å². The number of anilines is 2. The molecule has 1 aromatic heterocycles. The normalized spacial score (nSPS) is 15.9. The molecule has 0 saturated heterocycles. The number of hydrogen-bond donors (Lipinski definition) is 0. The summed E-state index contributed by atoms with van der Waals surface area (Å²) in [7, 11) is 0. The molecule has 3 nitrogen and oxygen atoms in total. The van der Waals surface area contributed by atoms with Gasteiger partial charge >= 0.3 is 0 Å². The van der Waals surface area contributed by atoms with Gasteiger partial charge < -0.3 is 9.64 Å². The molecule has 2 aliphatic heterocycles. The van der Waals surface area contributed by atoms with Crippen LogP contribution in [0.3, 0.4) is 0 Å². The van der Waals surface area contributed by atoms with Crippen molar-refractivity contribution >= 4 is 23.5 Å². The number of ether oxygens (including phenoxy) is 1. The zero-order chi connectivity index (χ0) is 21.7. The third kappa shape index (κ3) is 2.93. The summed E-state index contributed by atoms with van der Waals surface area (Å²) in [5, 5.41) is 0. The van der Waals surface area contributed by atoms with Gasteiger partial charge in [0.05, 0.1) is 17.1 Å². The Morgan fingerprint density at radius 3 is 2.78 bits per heavy atom. The Kier molecular flexibility index (Phi) is 4.36. The van der Waals surface area contributed by atoms with Crippen LogP contribution in [0.1, 0.15) is 42.7 Å². The molecule has 156 valence electrons. The zero-order valence-electron chi connectivity index (χ0n) is 18.3. The van der Waals surface area contributed by atoms with Crippen LogP contribution in [0, 0.1) is 0 Å². The van der Waals surface area contributed by atoms with Crippen molar-refractivity contribution in [2.75, 3.05) is 4.90 Å². The number of benzene rings is 2. The summed E-state index contributed by atoms with van der Waals surface area (Å²) in [5.74, 6) is 1.81. The number of aromatic nitrogens is 1. The topological polar surface area (TPSA) is 25.4 Å². The molecule has 0 spiro atoms. The second-order valence-corrected chi connectivity index (χ2v) is 8.41. The monoisotopic (exact) mass is 416 g/mol. The van der Waals surface area contributed by atoms with Gasteiger partial charge in [-0.1, -0.05) is 42.5 Å². The van der Waals surface area contributed by atoms with E-state index < -0.39 is 0 Å². The van der Waals surface area contributed by atoms with E-state index in [0.717, 1.165) is 58.1 Å². The smallest absolute Gasteiger partial charge is 0.151 e. The highest BCUT2D eigenvalue weighted by Gasteiger charge is 2.33. The molecule has 32 heavy (non-hydrogen) atoms.